The quantitative estimate of drug-likeness (QED) is 0.700. The SMILES string of the molecule is Cc1ccc(NC(=O)COC(=O)Cn2cnc3ccccc3c2=O)cc1C. The molecule has 1 amide bonds. The summed E-state index contributed by atoms with van der Waals surface area (Å²) in [7, 11) is 0. The number of hydrogen-bond acceptors (Lipinski definition) is 5. The van der Waals surface area contributed by atoms with Crippen molar-refractivity contribution in [1.29, 1.82) is 0 Å². The second-order valence-corrected chi connectivity index (χ2v) is 6.20. The second-order valence-electron chi connectivity index (χ2n) is 6.20. The van der Waals surface area contributed by atoms with E-state index in [9.17, 15) is 14.4 Å². The monoisotopic (exact) mass is 365 g/mol. The first-order valence-electron chi connectivity index (χ1n) is 8.41. The molecule has 3 aromatic rings. The second kappa shape index (κ2) is 7.82. The number of carbonyl (C=O) groups excluding carboxylic acids is 2. The molecule has 0 radical (unpaired) electrons. The number of amides is 1. The van der Waals surface area contributed by atoms with E-state index in [1.807, 2.05) is 26.0 Å². The molecule has 0 bridgehead atoms. The van der Waals surface area contributed by atoms with Gasteiger partial charge in [0.2, 0.25) is 0 Å². The largest absolute Gasteiger partial charge is 0.454 e. The normalized spacial score (nSPS) is 10.6. The van der Waals surface area contributed by atoms with Crippen LogP contribution in [0.25, 0.3) is 10.9 Å². The zero-order chi connectivity index (χ0) is 19.4. The van der Waals surface area contributed by atoms with Crippen molar-refractivity contribution >= 4 is 28.5 Å². The van der Waals surface area contributed by atoms with Gasteiger partial charge in [0.05, 0.1) is 17.2 Å². The Labute approximate surface area is 155 Å². The Morgan fingerprint density at radius 3 is 2.67 bits per heavy atom. The average Bonchev–Trinajstić information content (AvgIpc) is 2.65. The molecule has 0 aliphatic heterocycles. The van der Waals surface area contributed by atoms with E-state index in [1.165, 1.54) is 6.33 Å². The smallest absolute Gasteiger partial charge is 0.326 e. The minimum absolute atomic E-state index is 0.312. The average molecular weight is 365 g/mol. The molecule has 0 aliphatic rings. The van der Waals surface area contributed by atoms with Crippen LogP contribution in [-0.2, 0) is 20.9 Å². The van der Waals surface area contributed by atoms with Crippen LogP contribution >= 0.6 is 0 Å². The molecule has 1 aromatic heterocycles. The third-order valence-corrected chi connectivity index (χ3v) is 4.19. The van der Waals surface area contributed by atoms with E-state index in [0.717, 1.165) is 15.7 Å². The predicted octanol–water partition coefficient (Wildman–Crippen LogP) is 2.20. The highest BCUT2D eigenvalue weighted by atomic mass is 16.5. The van der Waals surface area contributed by atoms with Crippen LogP contribution in [0.1, 0.15) is 11.1 Å². The van der Waals surface area contributed by atoms with E-state index in [4.69, 9.17) is 4.74 Å². The fourth-order valence-corrected chi connectivity index (χ4v) is 2.57. The minimum atomic E-state index is -0.690. The molecule has 3 rings (SSSR count). The van der Waals surface area contributed by atoms with Gasteiger partial charge in [-0.05, 0) is 49.2 Å². The van der Waals surface area contributed by atoms with Crippen LogP contribution in [0, 0.1) is 13.8 Å². The summed E-state index contributed by atoms with van der Waals surface area (Å²) < 4.78 is 6.12. The first-order chi connectivity index (χ1) is 12.9. The molecule has 0 aliphatic carbocycles. The Hall–Kier alpha value is -3.48. The summed E-state index contributed by atoms with van der Waals surface area (Å²) >= 11 is 0. The minimum Gasteiger partial charge on any atom is -0.454 e. The van der Waals surface area contributed by atoms with Crippen molar-refractivity contribution in [2.45, 2.75) is 20.4 Å². The van der Waals surface area contributed by atoms with Gasteiger partial charge in [-0.15, -0.1) is 0 Å². The lowest BCUT2D eigenvalue weighted by molar-refractivity contribution is -0.147. The van der Waals surface area contributed by atoms with Gasteiger partial charge in [0.25, 0.3) is 11.5 Å². The molecule has 7 heteroatoms. The number of carbonyl (C=O) groups is 2. The standard InChI is InChI=1S/C20H19N3O4/c1-13-7-8-15(9-14(13)2)22-18(24)11-27-19(25)10-23-12-21-17-6-4-3-5-16(17)20(23)26/h3-9,12H,10-11H2,1-2H3,(H,22,24). The van der Waals surface area contributed by atoms with E-state index in [1.54, 1.807) is 30.3 Å². The van der Waals surface area contributed by atoms with Gasteiger partial charge in [-0.3, -0.25) is 19.0 Å². The number of aryl methyl sites for hydroxylation is 2. The summed E-state index contributed by atoms with van der Waals surface area (Å²) in [4.78, 5) is 40.4. The number of nitrogens with zero attached hydrogens (tertiary/aromatic N) is 2. The number of esters is 1. The van der Waals surface area contributed by atoms with Gasteiger partial charge < -0.3 is 10.1 Å². The van der Waals surface area contributed by atoms with Gasteiger partial charge in [0, 0.05) is 5.69 Å². The highest BCUT2D eigenvalue weighted by Crippen LogP contribution is 2.14. The molecule has 1 heterocycles. The zero-order valence-corrected chi connectivity index (χ0v) is 15.1. The molecule has 0 saturated heterocycles. The van der Waals surface area contributed by atoms with Crippen LogP contribution in [0.4, 0.5) is 5.69 Å². The zero-order valence-electron chi connectivity index (χ0n) is 15.1. The molecule has 0 fully saturated rings. The maximum absolute atomic E-state index is 12.3. The molecule has 1 N–H and O–H groups in total. The summed E-state index contributed by atoms with van der Waals surface area (Å²) in [5.74, 6) is -1.14. The van der Waals surface area contributed by atoms with Crippen molar-refractivity contribution < 1.29 is 14.3 Å². The number of benzene rings is 2. The molecule has 138 valence electrons. The van der Waals surface area contributed by atoms with Gasteiger partial charge in [0.1, 0.15) is 6.54 Å². The van der Waals surface area contributed by atoms with Crippen LogP contribution in [0.3, 0.4) is 0 Å². The lowest BCUT2D eigenvalue weighted by atomic mass is 10.1. The Morgan fingerprint density at radius 2 is 1.89 bits per heavy atom. The maximum Gasteiger partial charge on any atom is 0.326 e. The third-order valence-electron chi connectivity index (χ3n) is 4.19. The Morgan fingerprint density at radius 1 is 1.11 bits per heavy atom. The van der Waals surface area contributed by atoms with E-state index in [2.05, 4.69) is 10.3 Å². The number of aromatic nitrogens is 2. The fraction of sp³-hybridized carbons (Fsp3) is 0.200. The number of ether oxygens (including phenoxy) is 1. The molecule has 0 saturated carbocycles. The molecule has 27 heavy (non-hydrogen) atoms. The van der Waals surface area contributed by atoms with E-state index in [0.29, 0.717) is 16.6 Å². The van der Waals surface area contributed by atoms with E-state index < -0.39 is 18.5 Å². The number of para-hydroxylation sites is 1. The summed E-state index contributed by atoms with van der Waals surface area (Å²) in [6.45, 7) is 3.18. The van der Waals surface area contributed by atoms with Crippen molar-refractivity contribution in [2.24, 2.45) is 0 Å². The molecular weight excluding hydrogens is 346 g/mol. The van der Waals surface area contributed by atoms with Crippen molar-refractivity contribution in [3.8, 4) is 0 Å². The number of anilines is 1. The van der Waals surface area contributed by atoms with E-state index in [-0.39, 0.29) is 12.1 Å². The Kier molecular flexibility index (Phi) is 5.30. The summed E-state index contributed by atoms with van der Waals surface area (Å²) in [6, 6.07) is 12.4. The predicted molar refractivity (Wildman–Crippen MR) is 102 cm³/mol. The highest BCUT2D eigenvalue weighted by molar-refractivity contribution is 5.92. The van der Waals surface area contributed by atoms with Gasteiger partial charge in [-0.1, -0.05) is 18.2 Å². The van der Waals surface area contributed by atoms with Gasteiger partial charge in [0.15, 0.2) is 6.61 Å². The van der Waals surface area contributed by atoms with Crippen LogP contribution in [-0.4, -0.2) is 28.0 Å². The van der Waals surface area contributed by atoms with Gasteiger partial charge in [-0.2, -0.15) is 0 Å². The van der Waals surface area contributed by atoms with Gasteiger partial charge >= 0.3 is 5.97 Å². The van der Waals surface area contributed by atoms with Crippen molar-refractivity contribution in [3.05, 3.63) is 70.3 Å². The first kappa shape index (κ1) is 18.3. The van der Waals surface area contributed by atoms with Crippen molar-refractivity contribution in [3.63, 3.8) is 0 Å². The van der Waals surface area contributed by atoms with Gasteiger partial charge in [-0.25, -0.2) is 4.98 Å². The molecule has 0 unspecified atom stereocenters. The first-order valence-corrected chi connectivity index (χ1v) is 8.41. The van der Waals surface area contributed by atoms with Crippen LogP contribution in [0.2, 0.25) is 0 Å². The number of hydrogen-bond donors (Lipinski definition) is 1. The Bertz CT molecular complexity index is 1070. The molecular formula is C20H19N3O4. The lowest BCUT2D eigenvalue weighted by Crippen LogP contribution is -2.28. The van der Waals surface area contributed by atoms with Crippen LogP contribution in [0.5, 0.6) is 0 Å². The van der Waals surface area contributed by atoms with Crippen LogP contribution < -0.4 is 10.9 Å². The van der Waals surface area contributed by atoms with Crippen molar-refractivity contribution in [1.82, 2.24) is 9.55 Å². The summed E-state index contributed by atoms with van der Waals surface area (Å²) in [6.07, 6.45) is 1.29. The molecule has 0 spiro atoms. The molecule has 0 atom stereocenters. The Balaban J connectivity index is 1.58. The van der Waals surface area contributed by atoms with Crippen LogP contribution in [0.15, 0.2) is 53.6 Å². The third kappa shape index (κ3) is 4.38. The summed E-state index contributed by atoms with van der Waals surface area (Å²) in [5.41, 5.74) is 3.02. The topological polar surface area (TPSA) is 90.3 Å². The summed E-state index contributed by atoms with van der Waals surface area (Å²) in [5, 5.41) is 3.08. The van der Waals surface area contributed by atoms with Crippen molar-refractivity contribution in [2.75, 3.05) is 11.9 Å². The maximum atomic E-state index is 12.3. The van der Waals surface area contributed by atoms with E-state index >= 15 is 0 Å². The number of nitrogens with one attached hydrogen (secondary N) is 1. The molecule has 7 nitrogen and oxygen atoms in total. The molecule has 2 aromatic carbocycles. The fourth-order valence-electron chi connectivity index (χ4n) is 2.57. The lowest BCUT2D eigenvalue weighted by Gasteiger charge is -2.09. The number of rotatable bonds is 5. The highest BCUT2D eigenvalue weighted by Gasteiger charge is 2.11. The number of fused-ring (bicyclic) bond motifs is 1.